The predicted octanol–water partition coefficient (Wildman–Crippen LogP) is 1.95. The molecule has 0 aromatic heterocycles. The van der Waals surface area contributed by atoms with Gasteiger partial charge in [-0.2, -0.15) is 0 Å². The Bertz CT molecular complexity index is 227. The van der Waals surface area contributed by atoms with Gasteiger partial charge in [0.2, 0.25) is 0 Å². The third-order valence-electron chi connectivity index (χ3n) is 3.31. The van der Waals surface area contributed by atoms with Gasteiger partial charge >= 0.3 is 0 Å². The van der Waals surface area contributed by atoms with Gasteiger partial charge in [0, 0.05) is 5.92 Å². The van der Waals surface area contributed by atoms with Crippen LogP contribution in [0.25, 0.3) is 0 Å². The average Bonchev–Trinajstić information content (AvgIpc) is 2.38. The van der Waals surface area contributed by atoms with E-state index < -0.39 is 5.79 Å². The van der Waals surface area contributed by atoms with E-state index in [2.05, 4.69) is 20.8 Å². The SMILES string of the molecule is CC1OC(C)[C@@H]2OC(C)(C)O[C@@H]2[C@@H]1C. The van der Waals surface area contributed by atoms with Crippen molar-refractivity contribution >= 4 is 0 Å². The molecule has 2 heterocycles. The van der Waals surface area contributed by atoms with Gasteiger partial charge in [0.25, 0.3) is 0 Å². The fourth-order valence-electron chi connectivity index (χ4n) is 2.39. The maximum Gasteiger partial charge on any atom is 0.163 e. The quantitative estimate of drug-likeness (QED) is 0.598. The summed E-state index contributed by atoms with van der Waals surface area (Å²) >= 11 is 0. The summed E-state index contributed by atoms with van der Waals surface area (Å²) in [5, 5.41) is 0. The second-order valence-corrected chi connectivity index (χ2v) is 4.97. The first-order valence-corrected chi connectivity index (χ1v) is 5.42. The molecule has 2 rings (SSSR count). The number of rotatable bonds is 0. The van der Waals surface area contributed by atoms with Crippen LogP contribution in [-0.4, -0.2) is 30.2 Å². The zero-order valence-corrected chi connectivity index (χ0v) is 9.61. The lowest BCUT2D eigenvalue weighted by molar-refractivity contribution is -0.155. The second kappa shape index (κ2) is 3.19. The summed E-state index contributed by atoms with van der Waals surface area (Å²) in [6.45, 7) is 10.3. The minimum Gasteiger partial charge on any atom is -0.372 e. The third-order valence-corrected chi connectivity index (χ3v) is 3.31. The lowest BCUT2D eigenvalue weighted by Crippen LogP contribution is -2.49. The maximum atomic E-state index is 5.90. The molecule has 0 radical (unpaired) electrons. The highest BCUT2D eigenvalue weighted by atomic mass is 16.8. The molecule has 2 fully saturated rings. The van der Waals surface area contributed by atoms with Gasteiger partial charge in [-0.1, -0.05) is 6.92 Å². The highest BCUT2D eigenvalue weighted by molar-refractivity contribution is 4.94. The normalized spacial score (nSPS) is 51.6. The molecule has 0 aromatic carbocycles. The van der Waals surface area contributed by atoms with Gasteiger partial charge in [0.05, 0.1) is 18.3 Å². The monoisotopic (exact) mass is 200 g/mol. The number of hydrogen-bond donors (Lipinski definition) is 0. The van der Waals surface area contributed by atoms with E-state index in [1.54, 1.807) is 0 Å². The Hall–Kier alpha value is -0.120. The van der Waals surface area contributed by atoms with Crippen LogP contribution in [0.2, 0.25) is 0 Å². The summed E-state index contributed by atoms with van der Waals surface area (Å²) < 4.78 is 17.5. The molecular weight excluding hydrogens is 180 g/mol. The third kappa shape index (κ3) is 1.58. The van der Waals surface area contributed by atoms with Crippen LogP contribution in [0.4, 0.5) is 0 Å². The van der Waals surface area contributed by atoms with E-state index >= 15 is 0 Å². The minimum absolute atomic E-state index is 0.0937. The molecular formula is C11H20O3. The zero-order chi connectivity index (χ0) is 10.5. The molecule has 2 aliphatic rings. The van der Waals surface area contributed by atoms with Crippen LogP contribution in [-0.2, 0) is 14.2 Å². The van der Waals surface area contributed by atoms with E-state index in [0.717, 1.165) is 0 Å². The Balaban J connectivity index is 2.18. The molecule has 0 bridgehead atoms. The molecule has 3 nitrogen and oxygen atoms in total. The van der Waals surface area contributed by atoms with Gasteiger partial charge in [-0.25, -0.2) is 0 Å². The fourth-order valence-corrected chi connectivity index (χ4v) is 2.39. The van der Waals surface area contributed by atoms with Crippen LogP contribution in [0.1, 0.15) is 34.6 Å². The largest absolute Gasteiger partial charge is 0.372 e. The number of fused-ring (bicyclic) bond motifs is 1. The summed E-state index contributed by atoms with van der Waals surface area (Å²) in [6.07, 6.45) is 0.664. The van der Waals surface area contributed by atoms with Crippen molar-refractivity contribution in [3.05, 3.63) is 0 Å². The van der Waals surface area contributed by atoms with E-state index in [4.69, 9.17) is 14.2 Å². The second-order valence-electron chi connectivity index (χ2n) is 4.97. The summed E-state index contributed by atoms with van der Waals surface area (Å²) in [6, 6.07) is 0. The van der Waals surface area contributed by atoms with Crippen LogP contribution in [0.15, 0.2) is 0 Å². The zero-order valence-electron chi connectivity index (χ0n) is 9.61. The number of hydrogen-bond acceptors (Lipinski definition) is 3. The molecule has 2 unspecified atom stereocenters. The molecule has 0 amide bonds. The van der Waals surface area contributed by atoms with Crippen LogP contribution in [0.3, 0.4) is 0 Å². The first-order chi connectivity index (χ1) is 6.41. The lowest BCUT2D eigenvalue weighted by Gasteiger charge is -2.38. The first kappa shape index (κ1) is 10.4. The lowest BCUT2D eigenvalue weighted by atomic mass is 9.89. The topological polar surface area (TPSA) is 27.7 Å². The molecule has 0 N–H and O–H groups in total. The number of ether oxygens (including phenoxy) is 3. The van der Waals surface area contributed by atoms with Crippen molar-refractivity contribution in [2.24, 2.45) is 5.92 Å². The van der Waals surface area contributed by atoms with E-state index in [-0.39, 0.29) is 24.4 Å². The van der Waals surface area contributed by atoms with Crippen molar-refractivity contribution in [3.8, 4) is 0 Å². The van der Waals surface area contributed by atoms with Gasteiger partial charge in [-0.3, -0.25) is 0 Å². The molecule has 82 valence electrons. The summed E-state index contributed by atoms with van der Waals surface area (Å²) in [7, 11) is 0. The van der Waals surface area contributed by atoms with Crippen LogP contribution >= 0.6 is 0 Å². The van der Waals surface area contributed by atoms with Gasteiger partial charge < -0.3 is 14.2 Å². The fraction of sp³-hybridized carbons (Fsp3) is 1.00. The first-order valence-electron chi connectivity index (χ1n) is 5.42. The molecule has 2 saturated heterocycles. The molecule has 0 aromatic rings. The highest BCUT2D eigenvalue weighted by Gasteiger charge is 2.51. The minimum atomic E-state index is -0.453. The Kier molecular flexibility index (Phi) is 2.37. The van der Waals surface area contributed by atoms with Crippen molar-refractivity contribution in [2.45, 2.75) is 64.8 Å². The Morgan fingerprint density at radius 2 is 1.43 bits per heavy atom. The van der Waals surface area contributed by atoms with E-state index in [9.17, 15) is 0 Å². The standard InChI is InChI=1S/C11H20O3/c1-6-7(2)12-8(3)10-9(6)13-11(4,5)14-10/h6-10H,1-5H3/t6-,7?,8?,9-,10+/m1/s1. The maximum absolute atomic E-state index is 5.90. The van der Waals surface area contributed by atoms with Crippen molar-refractivity contribution < 1.29 is 14.2 Å². The van der Waals surface area contributed by atoms with Crippen LogP contribution in [0, 0.1) is 5.92 Å². The molecule has 0 saturated carbocycles. The van der Waals surface area contributed by atoms with Crippen LogP contribution in [0.5, 0.6) is 0 Å². The van der Waals surface area contributed by atoms with E-state index in [1.165, 1.54) is 0 Å². The summed E-state index contributed by atoms with van der Waals surface area (Å²) in [5.41, 5.74) is 0. The van der Waals surface area contributed by atoms with Gasteiger partial charge in [-0.15, -0.1) is 0 Å². The van der Waals surface area contributed by atoms with Crippen LogP contribution < -0.4 is 0 Å². The Morgan fingerprint density at radius 1 is 0.857 bits per heavy atom. The van der Waals surface area contributed by atoms with Gasteiger partial charge in [0.1, 0.15) is 6.10 Å². The molecule has 14 heavy (non-hydrogen) atoms. The van der Waals surface area contributed by atoms with Gasteiger partial charge in [0.15, 0.2) is 5.79 Å². The van der Waals surface area contributed by atoms with Crippen molar-refractivity contribution in [1.82, 2.24) is 0 Å². The average molecular weight is 200 g/mol. The smallest absolute Gasteiger partial charge is 0.163 e. The van der Waals surface area contributed by atoms with Gasteiger partial charge in [-0.05, 0) is 27.7 Å². The van der Waals surface area contributed by atoms with Crippen molar-refractivity contribution in [2.75, 3.05) is 0 Å². The predicted molar refractivity (Wildman–Crippen MR) is 53.0 cm³/mol. The molecule has 0 aliphatic carbocycles. The summed E-state index contributed by atoms with van der Waals surface area (Å²) in [5.74, 6) is -0.0522. The Labute approximate surface area is 85.7 Å². The molecule has 2 aliphatic heterocycles. The highest BCUT2D eigenvalue weighted by Crippen LogP contribution is 2.39. The van der Waals surface area contributed by atoms with Crippen molar-refractivity contribution in [3.63, 3.8) is 0 Å². The molecule has 5 atom stereocenters. The molecule has 3 heteroatoms. The van der Waals surface area contributed by atoms with E-state index in [0.29, 0.717) is 5.92 Å². The summed E-state index contributed by atoms with van der Waals surface area (Å²) in [4.78, 5) is 0. The Morgan fingerprint density at radius 3 is 2.07 bits per heavy atom. The van der Waals surface area contributed by atoms with E-state index in [1.807, 2.05) is 13.8 Å². The molecule has 0 spiro atoms. The van der Waals surface area contributed by atoms with Crippen molar-refractivity contribution in [1.29, 1.82) is 0 Å².